The van der Waals surface area contributed by atoms with Gasteiger partial charge in [0, 0.05) is 28.4 Å². The van der Waals surface area contributed by atoms with E-state index in [0.717, 1.165) is 31.8 Å². The zero-order chi connectivity index (χ0) is 22.1. The second kappa shape index (κ2) is 8.94. The molecule has 0 bridgehead atoms. The summed E-state index contributed by atoms with van der Waals surface area (Å²) < 4.78 is 0.732. The number of halogens is 1. The Bertz CT molecular complexity index is 1120. The second-order valence-corrected chi connectivity index (χ2v) is 9.92. The van der Waals surface area contributed by atoms with Gasteiger partial charge in [0.2, 0.25) is 5.91 Å². The third-order valence-corrected chi connectivity index (χ3v) is 6.87. The fourth-order valence-corrected chi connectivity index (χ4v) is 5.16. The molecule has 31 heavy (non-hydrogen) atoms. The number of pyridine rings is 1. The number of thiophene rings is 1. The number of aryl methyl sites for hydroxylation is 1. The molecule has 1 amide bonds. The summed E-state index contributed by atoms with van der Waals surface area (Å²) in [5, 5.41) is 7.06. The fourth-order valence-electron chi connectivity index (χ4n) is 3.62. The maximum Gasteiger partial charge on any atom is 0.226 e. The predicted molar refractivity (Wildman–Crippen MR) is 132 cm³/mol. The average molecular weight is 471 g/mol. The molecular formula is C23H23ClN4OS2. The Morgan fingerprint density at radius 2 is 2.06 bits per heavy atom. The van der Waals surface area contributed by atoms with Crippen molar-refractivity contribution in [1.29, 1.82) is 0 Å². The number of thiocarbonyl (C=S) groups is 1. The van der Waals surface area contributed by atoms with Gasteiger partial charge in [-0.1, -0.05) is 31.5 Å². The third-order valence-electron chi connectivity index (χ3n) is 5.25. The third kappa shape index (κ3) is 4.44. The van der Waals surface area contributed by atoms with Gasteiger partial charge in [0.1, 0.15) is 0 Å². The first-order chi connectivity index (χ1) is 14.8. The van der Waals surface area contributed by atoms with Crippen molar-refractivity contribution in [2.24, 2.45) is 5.92 Å². The van der Waals surface area contributed by atoms with Crippen molar-refractivity contribution < 1.29 is 4.79 Å². The molecule has 1 fully saturated rings. The van der Waals surface area contributed by atoms with Crippen LogP contribution >= 0.6 is 35.2 Å². The van der Waals surface area contributed by atoms with Crippen LogP contribution in [0.15, 0.2) is 54.7 Å². The van der Waals surface area contributed by atoms with Crippen molar-refractivity contribution in [3.05, 3.63) is 75.2 Å². The summed E-state index contributed by atoms with van der Waals surface area (Å²) >= 11 is 13.6. The van der Waals surface area contributed by atoms with E-state index in [-0.39, 0.29) is 23.9 Å². The number of nitrogens with zero attached hydrogens (tertiary/aromatic N) is 2. The van der Waals surface area contributed by atoms with Crippen LogP contribution in [0.4, 0.5) is 11.4 Å². The summed E-state index contributed by atoms with van der Waals surface area (Å²) in [5.41, 5.74) is 3.64. The smallest absolute Gasteiger partial charge is 0.226 e. The van der Waals surface area contributed by atoms with Crippen molar-refractivity contribution in [3.8, 4) is 0 Å². The molecule has 2 aromatic heterocycles. The Morgan fingerprint density at radius 1 is 1.26 bits per heavy atom. The van der Waals surface area contributed by atoms with Gasteiger partial charge in [-0.2, -0.15) is 0 Å². The molecule has 8 heteroatoms. The minimum atomic E-state index is -0.107. The number of nitrogens with one attached hydrogen (secondary N) is 2. The highest BCUT2D eigenvalue weighted by Gasteiger charge is 2.41. The SMILES string of the molecule is Cc1cc(N2C(=S)NC(c3ccccn3)C2c2ccc(Cl)s2)ccc1NC(=O)C(C)C. The van der Waals surface area contributed by atoms with Gasteiger partial charge in [0.25, 0.3) is 0 Å². The zero-order valence-electron chi connectivity index (χ0n) is 17.4. The number of hydrogen-bond donors (Lipinski definition) is 2. The zero-order valence-corrected chi connectivity index (χ0v) is 19.8. The molecule has 3 heterocycles. The Balaban J connectivity index is 1.73. The summed E-state index contributed by atoms with van der Waals surface area (Å²) in [7, 11) is 0. The summed E-state index contributed by atoms with van der Waals surface area (Å²) in [4.78, 5) is 19.9. The standard InChI is InChI=1S/C23H23ClN4OS2/c1-13(2)22(29)26-16-8-7-15(12-14(16)3)28-21(18-9-10-19(24)31-18)20(27-23(28)30)17-6-4-5-11-25-17/h4-13,20-21H,1-3H3,(H,26,29)(H,27,30). The van der Waals surface area contributed by atoms with E-state index in [1.165, 1.54) is 0 Å². The number of hydrogen-bond acceptors (Lipinski definition) is 4. The molecular weight excluding hydrogens is 448 g/mol. The molecule has 4 rings (SSSR count). The minimum absolute atomic E-state index is 0.00414. The first-order valence-corrected chi connectivity index (χ1v) is 11.6. The van der Waals surface area contributed by atoms with Gasteiger partial charge in [-0.3, -0.25) is 9.78 Å². The Kier molecular flexibility index (Phi) is 6.27. The minimum Gasteiger partial charge on any atom is -0.351 e. The van der Waals surface area contributed by atoms with E-state index in [9.17, 15) is 4.79 Å². The van der Waals surface area contributed by atoms with Crippen LogP contribution in [0.5, 0.6) is 0 Å². The lowest BCUT2D eigenvalue weighted by Crippen LogP contribution is -2.29. The van der Waals surface area contributed by atoms with Crippen LogP contribution in [0, 0.1) is 12.8 Å². The van der Waals surface area contributed by atoms with Crippen molar-refractivity contribution in [3.63, 3.8) is 0 Å². The van der Waals surface area contributed by atoms with Crippen LogP contribution in [0.1, 0.15) is 42.1 Å². The number of aromatic nitrogens is 1. The number of benzene rings is 1. The fraction of sp³-hybridized carbons (Fsp3) is 0.261. The normalized spacial score (nSPS) is 18.4. The van der Waals surface area contributed by atoms with Crippen LogP contribution < -0.4 is 15.5 Å². The van der Waals surface area contributed by atoms with Crippen molar-refractivity contribution in [2.45, 2.75) is 32.9 Å². The Labute approximate surface area is 196 Å². The van der Waals surface area contributed by atoms with E-state index in [1.54, 1.807) is 17.5 Å². The second-order valence-electron chi connectivity index (χ2n) is 7.78. The van der Waals surface area contributed by atoms with Gasteiger partial charge in [-0.25, -0.2) is 0 Å². The largest absolute Gasteiger partial charge is 0.351 e. The van der Waals surface area contributed by atoms with Gasteiger partial charge in [0.05, 0.1) is 22.1 Å². The van der Waals surface area contributed by atoms with Gasteiger partial charge in [-0.05, 0) is 67.2 Å². The first kappa shape index (κ1) is 21.7. The van der Waals surface area contributed by atoms with Gasteiger partial charge >= 0.3 is 0 Å². The molecule has 1 aliphatic rings. The highest BCUT2D eigenvalue weighted by Crippen LogP contribution is 2.44. The summed E-state index contributed by atoms with van der Waals surface area (Å²) in [5.74, 6) is -0.0861. The average Bonchev–Trinajstić information content (AvgIpc) is 3.32. The van der Waals surface area contributed by atoms with E-state index >= 15 is 0 Å². The molecule has 2 atom stereocenters. The summed E-state index contributed by atoms with van der Waals surface area (Å²) in [6.45, 7) is 5.74. The molecule has 2 N–H and O–H groups in total. The van der Waals surface area contributed by atoms with Crippen LogP contribution in [0.3, 0.4) is 0 Å². The number of amides is 1. The highest BCUT2D eigenvalue weighted by molar-refractivity contribution is 7.80. The molecule has 1 aromatic carbocycles. The molecule has 0 radical (unpaired) electrons. The lowest BCUT2D eigenvalue weighted by Gasteiger charge is -2.27. The summed E-state index contributed by atoms with van der Waals surface area (Å²) in [6, 6.07) is 15.6. The van der Waals surface area contributed by atoms with Crippen molar-refractivity contribution in [2.75, 3.05) is 10.2 Å². The maximum atomic E-state index is 12.1. The van der Waals surface area contributed by atoms with Gasteiger partial charge < -0.3 is 15.5 Å². The molecule has 5 nitrogen and oxygen atoms in total. The van der Waals surface area contributed by atoms with Gasteiger partial charge in [-0.15, -0.1) is 11.3 Å². The molecule has 1 saturated heterocycles. The number of rotatable bonds is 5. The van der Waals surface area contributed by atoms with Crippen LogP contribution in [0.2, 0.25) is 4.34 Å². The topological polar surface area (TPSA) is 57.3 Å². The molecule has 0 saturated carbocycles. The molecule has 1 aliphatic heterocycles. The molecule has 2 unspecified atom stereocenters. The lowest BCUT2D eigenvalue weighted by molar-refractivity contribution is -0.118. The number of carbonyl (C=O) groups is 1. The first-order valence-electron chi connectivity index (χ1n) is 10.0. The number of carbonyl (C=O) groups excluding carboxylic acids is 1. The van der Waals surface area contributed by atoms with Crippen molar-refractivity contribution in [1.82, 2.24) is 10.3 Å². The number of anilines is 2. The monoisotopic (exact) mass is 470 g/mol. The lowest BCUT2D eigenvalue weighted by atomic mass is 10.0. The Morgan fingerprint density at radius 3 is 2.68 bits per heavy atom. The van der Waals surface area contributed by atoms with E-state index in [4.69, 9.17) is 23.8 Å². The van der Waals surface area contributed by atoms with Gasteiger partial charge in [0.15, 0.2) is 5.11 Å². The summed E-state index contributed by atoms with van der Waals surface area (Å²) in [6.07, 6.45) is 1.79. The van der Waals surface area contributed by atoms with E-state index in [2.05, 4.69) is 20.5 Å². The predicted octanol–water partition coefficient (Wildman–Crippen LogP) is 5.88. The Hall–Kier alpha value is -2.48. The van der Waals surface area contributed by atoms with Crippen LogP contribution in [-0.4, -0.2) is 16.0 Å². The van der Waals surface area contributed by atoms with Crippen LogP contribution in [-0.2, 0) is 4.79 Å². The van der Waals surface area contributed by atoms with E-state index < -0.39 is 0 Å². The quantitative estimate of drug-likeness (QED) is 0.456. The molecule has 160 valence electrons. The molecule has 0 aliphatic carbocycles. The highest BCUT2D eigenvalue weighted by atomic mass is 35.5. The molecule has 3 aromatic rings. The molecule has 0 spiro atoms. The maximum absolute atomic E-state index is 12.1. The van der Waals surface area contributed by atoms with E-state index in [0.29, 0.717) is 5.11 Å². The van der Waals surface area contributed by atoms with E-state index in [1.807, 2.05) is 69.3 Å². The van der Waals surface area contributed by atoms with Crippen LogP contribution in [0.25, 0.3) is 0 Å². The van der Waals surface area contributed by atoms with Crippen molar-refractivity contribution >= 4 is 57.5 Å².